The summed E-state index contributed by atoms with van der Waals surface area (Å²) in [5, 5.41) is 5.22. The maximum Gasteiger partial charge on any atom is 0.408 e. The van der Waals surface area contributed by atoms with Crippen LogP contribution in [0.5, 0.6) is 0 Å². The molecule has 0 bridgehead atoms. The molecule has 2 aromatic heterocycles. The Kier molecular flexibility index (Phi) is 6.32. The number of hydrogen-bond acceptors (Lipinski definition) is 4. The van der Waals surface area contributed by atoms with Crippen molar-refractivity contribution in [1.29, 1.82) is 0 Å². The van der Waals surface area contributed by atoms with E-state index < -0.39 is 29.7 Å². The van der Waals surface area contributed by atoms with E-state index in [-0.39, 0.29) is 22.8 Å². The van der Waals surface area contributed by atoms with Crippen LogP contribution < -0.4 is 10.6 Å². The van der Waals surface area contributed by atoms with E-state index in [0.717, 1.165) is 17.3 Å². The Morgan fingerprint density at radius 3 is 2.78 bits per heavy atom. The van der Waals surface area contributed by atoms with Crippen molar-refractivity contribution in [3.63, 3.8) is 0 Å². The number of hydrogen-bond donors (Lipinski definition) is 2. The molecule has 36 heavy (non-hydrogen) atoms. The minimum absolute atomic E-state index is 0.0440. The molecule has 4 aromatic rings. The first-order chi connectivity index (χ1) is 17.3. The SMILES string of the molecule is Cc1cccn2cc(COC(=O)N[C@H]3CCc4c(C(=O)Nc5ccc(F)c(Cl)c5)ccc(F)c43)nc12. The third kappa shape index (κ3) is 4.61. The van der Waals surface area contributed by atoms with E-state index in [1.165, 1.54) is 24.3 Å². The van der Waals surface area contributed by atoms with Crippen LogP contribution in [0.4, 0.5) is 19.3 Å². The highest BCUT2D eigenvalue weighted by Gasteiger charge is 2.31. The van der Waals surface area contributed by atoms with E-state index >= 15 is 0 Å². The lowest BCUT2D eigenvalue weighted by Gasteiger charge is -2.16. The van der Waals surface area contributed by atoms with E-state index in [9.17, 15) is 18.4 Å². The molecule has 10 heteroatoms. The highest BCUT2D eigenvalue weighted by Crippen LogP contribution is 2.36. The zero-order chi connectivity index (χ0) is 25.4. The molecule has 5 rings (SSSR count). The number of carbonyl (C=O) groups is 2. The highest BCUT2D eigenvalue weighted by atomic mass is 35.5. The molecular formula is C26H21ClF2N4O3. The van der Waals surface area contributed by atoms with Gasteiger partial charge in [0.1, 0.15) is 23.9 Å². The lowest BCUT2D eigenvalue weighted by atomic mass is 10.0. The molecule has 1 aliphatic carbocycles. The molecule has 2 aromatic carbocycles. The van der Waals surface area contributed by atoms with Crippen molar-refractivity contribution in [3.8, 4) is 0 Å². The van der Waals surface area contributed by atoms with Crippen LogP contribution in [0, 0.1) is 18.6 Å². The predicted molar refractivity (Wildman–Crippen MR) is 130 cm³/mol. The standard InChI is InChI=1S/C26H21ClF2N4O3/c1-14-3-2-10-33-12-16(30-24(14)33)13-36-26(35)32-22-9-6-17-18(5-8-21(29)23(17)22)25(34)31-15-4-7-20(28)19(27)11-15/h2-5,7-8,10-12,22H,6,9,13H2,1H3,(H,31,34)(H,32,35)/t22-/m0/s1. The normalized spacial score (nSPS) is 14.5. The fraction of sp³-hybridized carbons (Fsp3) is 0.192. The summed E-state index contributed by atoms with van der Waals surface area (Å²) in [5.74, 6) is -1.61. The van der Waals surface area contributed by atoms with Gasteiger partial charge in [0.15, 0.2) is 0 Å². The quantitative estimate of drug-likeness (QED) is 0.358. The van der Waals surface area contributed by atoms with Gasteiger partial charge in [0.05, 0.1) is 16.8 Å². The van der Waals surface area contributed by atoms with Gasteiger partial charge < -0.3 is 19.8 Å². The molecule has 0 aliphatic heterocycles. The molecule has 2 N–H and O–H groups in total. The average molecular weight is 511 g/mol. The second-order valence-electron chi connectivity index (χ2n) is 8.54. The van der Waals surface area contributed by atoms with Crippen molar-refractivity contribution >= 4 is 34.9 Å². The number of ether oxygens (including phenoxy) is 1. The molecule has 1 atom stereocenters. The average Bonchev–Trinajstić information content (AvgIpc) is 3.46. The predicted octanol–water partition coefficient (Wildman–Crippen LogP) is 5.74. The molecule has 2 amide bonds. The van der Waals surface area contributed by atoms with Gasteiger partial charge in [-0.1, -0.05) is 17.7 Å². The second-order valence-corrected chi connectivity index (χ2v) is 8.94. The first-order valence-electron chi connectivity index (χ1n) is 11.2. The van der Waals surface area contributed by atoms with Crippen LogP contribution in [0.3, 0.4) is 0 Å². The number of benzene rings is 2. The van der Waals surface area contributed by atoms with E-state index in [1.54, 1.807) is 6.20 Å². The molecule has 0 radical (unpaired) electrons. The largest absolute Gasteiger partial charge is 0.443 e. The van der Waals surface area contributed by atoms with Crippen LogP contribution in [0.1, 0.15) is 45.2 Å². The lowest BCUT2D eigenvalue weighted by Crippen LogP contribution is -2.28. The summed E-state index contributed by atoms with van der Waals surface area (Å²) in [6.07, 6.45) is 3.71. The molecule has 1 aliphatic rings. The summed E-state index contributed by atoms with van der Waals surface area (Å²) < 4.78 is 35.4. The zero-order valence-corrected chi connectivity index (χ0v) is 19.9. The van der Waals surface area contributed by atoms with Gasteiger partial charge in [0, 0.05) is 29.2 Å². The molecule has 0 unspecified atom stereocenters. The zero-order valence-electron chi connectivity index (χ0n) is 19.1. The Hall–Kier alpha value is -3.98. The van der Waals surface area contributed by atoms with E-state index in [4.69, 9.17) is 16.3 Å². The summed E-state index contributed by atoms with van der Waals surface area (Å²) >= 11 is 5.78. The first kappa shape index (κ1) is 23.7. The van der Waals surface area contributed by atoms with Gasteiger partial charge in [-0.25, -0.2) is 18.6 Å². The van der Waals surface area contributed by atoms with Gasteiger partial charge in [0.2, 0.25) is 0 Å². The first-order valence-corrected chi connectivity index (χ1v) is 11.6. The highest BCUT2D eigenvalue weighted by molar-refractivity contribution is 6.31. The van der Waals surface area contributed by atoms with E-state index in [1.807, 2.05) is 29.7 Å². The number of amides is 2. The van der Waals surface area contributed by atoms with Gasteiger partial charge >= 0.3 is 6.09 Å². The van der Waals surface area contributed by atoms with Gasteiger partial charge in [-0.3, -0.25) is 4.79 Å². The minimum atomic E-state index is -0.711. The third-order valence-corrected chi connectivity index (χ3v) is 6.42. The van der Waals surface area contributed by atoms with Crippen LogP contribution in [0.25, 0.3) is 5.65 Å². The number of rotatable bonds is 5. The van der Waals surface area contributed by atoms with E-state index in [0.29, 0.717) is 29.8 Å². The topological polar surface area (TPSA) is 84.7 Å². The number of halogens is 3. The Balaban J connectivity index is 1.27. The second kappa shape index (κ2) is 9.58. The summed E-state index contributed by atoms with van der Waals surface area (Å²) in [4.78, 5) is 29.8. The number of anilines is 1. The Labute approximate surface area is 210 Å². The van der Waals surface area contributed by atoms with Crippen molar-refractivity contribution in [1.82, 2.24) is 14.7 Å². The van der Waals surface area contributed by atoms with Crippen molar-refractivity contribution in [2.75, 3.05) is 5.32 Å². The number of aryl methyl sites for hydroxylation is 1. The number of nitrogens with zero attached hydrogens (tertiary/aromatic N) is 2. The van der Waals surface area contributed by atoms with Crippen LogP contribution in [-0.2, 0) is 17.8 Å². The lowest BCUT2D eigenvalue weighted by molar-refractivity contribution is 0.102. The number of imidazole rings is 1. The molecular weight excluding hydrogens is 490 g/mol. The number of pyridine rings is 1. The smallest absolute Gasteiger partial charge is 0.408 e. The van der Waals surface area contributed by atoms with Gasteiger partial charge in [-0.15, -0.1) is 0 Å². The molecule has 2 heterocycles. The van der Waals surface area contributed by atoms with Crippen molar-refractivity contribution in [3.05, 3.63) is 99.5 Å². The molecule has 0 spiro atoms. The van der Waals surface area contributed by atoms with Gasteiger partial charge in [-0.2, -0.15) is 0 Å². The fourth-order valence-electron chi connectivity index (χ4n) is 4.44. The number of alkyl carbamates (subject to hydrolysis) is 1. The minimum Gasteiger partial charge on any atom is -0.443 e. The van der Waals surface area contributed by atoms with Gasteiger partial charge in [0.25, 0.3) is 5.91 Å². The number of fused-ring (bicyclic) bond motifs is 2. The van der Waals surface area contributed by atoms with Crippen molar-refractivity contribution < 1.29 is 23.1 Å². The molecule has 0 saturated heterocycles. The summed E-state index contributed by atoms with van der Waals surface area (Å²) in [5.41, 5.74) is 3.68. The Morgan fingerprint density at radius 2 is 2.00 bits per heavy atom. The van der Waals surface area contributed by atoms with Crippen molar-refractivity contribution in [2.24, 2.45) is 0 Å². The maximum atomic E-state index is 14.8. The maximum absolute atomic E-state index is 14.8. The summed E-state index contributed by atoms with van der Waals surface area (Å²) in [7, 11) is 0. The monoisotopic (exact) mass is 510 g/mol. The van der Waals surface area contributed by atoms with Crippen LogP contribution in [0.15, 0.2) is 54.9 Å². The molecule has 184 valence electrons. The third-order valence-electron chi connectivity index (χ3n) is 6.13. The summed E-state index contributed by atoms with van der Waals surface area (Å²) in [6, 6.07) is 9.59. The van der Waals surface area contributed by atoms with Crippen LogP contribution >= 0.6 is 11.6 Å². The van der Waals surface area contributed by atoms with E-state index in [2.05, 4.69) is 15.6 Å². The number of nitrogens with one attached hydrogen (secondary N) is 2. The number of aromatic nitrogens is 2. The molecule has 7 nitrogen and oxygen atoms in total. The van der Waals surface area contributed by atoms with Gasteiger partial charge in [-0.05, 0) is 67.3 Å². The Bertz CT molecular complexity index is 1500. The van der Waals surface area contributed by atoms with Crippen molar-refractivity contribution in [2.45, 2.75) is 32.4 Å². The summed E-state index contributed by atoms with van der Waals surface area (Å²) in [6.45, 7) is 1.90. The molecule has 0 fully saturated rings. The van der Waals surface area contributed by atoms with Crippen LogP contribution in [-0.4, -0.2) is 21.4 Å². The number of carbonyl (C=O) groups excluding carboxylic acids is 2. The van der Waals surface area contributed by atoms with Crippen LogP contribution in [0.2, 0.25) is 5.02 Å². The fourth-order valence-corrected chi connectivity index (χ4v) is 4.62. The Morgan fingerprint density at radius 1 is 1.19 bits per heavy atom. The molecule has 0 saturated carbocycles.